The molecule has 0 N–H and O–H groups in total. The maximum absolute atomic E-state index is 13.5. The largest absolute Gasteiger partial charge is 0.490 e. The molecule has 2 amide bonds. The van der Waals surface area contributed by atoms with Gasteiger partial charge in [-0.1, -0.05) is 62.4 Å². The van der Waals surface area contributed by atoms with Gasteiger partial charge in [0.1, 0.15) is 17.5 Å². The molecule has 1 fully saturated rings. The zero-order chi connectivity index (χ0) is 26.4. The highest BCUT2D eigenvalue weighted by Gasteiger charge is 2.36. The van der Waals surface area contributed by atoms with Crippen molar-refractivity contribution in [3.8, 4) is 5.75 Å². The topological polar surface area (TPSA) is 67.7 Å². The number of likely N-dealkylation sites (tertiary alicyclic amines) is 1. The first-order valence-corrected chi connectivity index (χ1v) is 13.1. The first kappa shape index (κ1) is 26.5. The number of rotatable bonds is 9. The van der Waals surface area contributed by atoms with E-state index in [1.165, 1.54) is 0 Å². The first-order valence-electron chi connectivity index (χ1n) is 13.1. The maximum Gasteiger partial charge on any atom is 0.272 e. The van der Waals surface area contributed by atoms with E-state index in [9.17, 15) is 9.59 Å². The Bertz CT molecular complexity index is 1180. The van der Waals surface area contributed by atoms with Crippen molar-refractivity contribution in [2.24, 2.45) is 18.9 Å². The molecule has 3 aromatic rings. The van der Waals surface area contributed by atoms with Crippen molar-refractivity contribution in [3.63, 3.8) is 0 Å². The highest BCUT2D eigenvalue weighted by molar-refractivity contribution is 5.92. The van der Waals surface area contributed by atoms with Crippen LogP contribution < -0.4 is 4.74 Å². The molecule has 4 rings (SSSR count). The van der Waals surface area contributed by atoms with Crippen LogP contribution in [0.5, 0.6) is 5.75 Å². The van der Waals surface area contributed by atoms with E-state index in [4.69, 9.17) is 4.74 Å². The molecule has 0 radical (unpaired) electrons. The van der Waals surface area contributed by atoms with E-state index in [0.29, 0.717) is 44.1 Å². The zero-order valence-electron chi connectivity index (χ0n) is 22.3. The van der Waals surface area contributed by atoms with Gasteiger partial charge in [-0.3, -0.25) is 14.3 Å². The van der Waals surface area contributed by atoms with E-state index in [-0.39, 0.29) is 23.8 Å². The Morgan fingerprint density at radius 1 is 1.08 bits per heavy atom. The Morgan fingerprint density at radius 2 is 1.76 bits per heavy atom. The fourth-order valence-electron chi connectivity index (χ4n) is 4.95. The predicted octanol–water partition coefficient (Wildman–Crippen LogP) is 4.58. The number of hydrogen-bond acceptors (Lipinski definition) is 4. The Labute approximate surface area is 220 Å². The highest BCUT2D eigenvalue weighted by atomic mass is 16.5. The predicted molar refractivity (Wildman–Crippen MR) is 144 cm³/mol. The monoisotopic (exact) mass is 502 g/mol. The van der Waals surface area contributed by atoms with Crippen LogP contribution >= 0.6 is 0 Å². The van der Waals surface area contributed by atoms with E-state index in [0.717, 1.165) is 23.4 Å². The Kier molecular flexibility index (Phi) is 8.64. The molecule has 0 unspecified atom stereocenters. The molecule has 196 valence electrons. The summed E-state index contributed by atoms with van der Waals surface area (Å²) in [5.41, 5.74) is 2.60. The van der Waals surface area contributed by atoms with E-state index >= 15 is 0 Å². The molecular weight excluding hydrogens is 464 g/mol. The van der Waals surface area contributed by atoms with Gasteiger partial charge >= 0.3 is 0 Å². The molecule has 1 saturated heterocycles. The quantitative estimate of drug-likeness (QED) is 0.430. The van der Waals surface area contributed by atoms with Gasteiger partial charge in [-0.25, -0.2) is 0 Å². The molecule has 7 nitrogen and oxygen atoms in total. The summed E-state index contributed by atoms with van der Waals surface area (Å²) in [6.07, 6.45) is 1.66. The summed E-state index contributed by atoms with van der Waals surface area (Å²) in [6, 6.07) is 21.6. The van der Waals surface area contributed by atoms with Crippen LogP contribution in [0.1, 0.15) is 48.4 Å². The molecular formula is C30H38N4O3. The Balaban J connectivity index is 1.48. The maximum atomic E-state index is 13.5. The number of amides is 2. The third-order valence-electron chi connectivity index (χ3n) is 6.87. The number of hydrogen-bond donors (Lipinski definition) is 0. The summed E-state index contributed by atoms with van der Waals surface area (Å²) in [5, 5.41) is 4.55. The Morgan fingerprint density at radius 3 is 2.43 bits per heavy atom. The molecule has 7 heteroatoms. The number of carbonyl (C=O) groups excluding carboxylic acids is 2. The Hall–Kier alpha value is -3.61. The summed E-state index contributed by atoms with van der Waals surface area (Å²) in [7, 11) is 3.65. The molecule has 0 bridgehead atoms. The lowest BCUT2D eigenvalue weighted by Crippen LogP contribution is -2.49. The minimum absolute atomic E-state index is 0.0433. The zero-order valence-corrected chi connectivity index (χ0v) is 22.3. The fourth-order valence-corrected chi connectivity index (χ4v) is 4.95. The number of benzene rings is 2. The molecule has 1 aliphatic rings. The third-order valence-corrected chi connectivity index (χ3v) is 6.87. The van der Waals surface area contributed by atoms with Crippen molar-refractivity contribution < 1.29 is 14.3 Å². The summed E-state index contributed by atoms with van der Waals surface area (Å²) >= 11 is 0. The van der Waals surface area contributed by atoms with E-state index in [1.54, 1.807) is 9.58 Å². The number of nitrogens with zero attached hydrogens (tertiary/aromatic N) is 4. The van der Waals surface area contributed by atoms with Crippen LogP contribution in [0, 0.1) is 11.8 Å². The number of para-hydroxylation sites is 1. The molecule has 1 aromatic heterocycles. The van der Waals surface area contributed by atoms with Gasteiger partial charge in [0.2, 0.25) is 5.91 Å². The van der Waals surface area contributed by atoms with Crippen molar-refractivity contribution in [3.05, 3.63) is 83.7 Å². The van der Waals surface area contributed by atoms with Crippen LogP contribution in [0.4, 0.5) is 0 Å². The highest BCUT2D eigenvalue weighted by Crippen LogP contribution is 2.27. The molecule has 1 aliphatic heterocycles. The van der Waals surface area contributed by atoms with Gasteiger partial charge in [-0.2, -0.15) is 5.10 Å². The van der Waals surface area contributed by atoms with Gasteiger partial charge in [0, 0.05) is 52.5 Å². The van der Waals surface area contributed by atoms with Gasteiger partial charge < -0.3 is 14.5 Å². The van der Waals surface area contributed by atoms with E-state index in [1.807, 2.05) is 85.7 Å². The number of carbonyl (C=O) groups is 2. The third kappa shape index (κ3) is 7.00. The van der Waals surface area contributed by atoms with Crippen LogP contribution in [0.3, 0.4) is 0 Å². The van der Waals surface area contributed by atoms with Crippen LogP contribution in [0.25, 0.3) is 0 Å². The van der Waals surface area contributed by atoms with Gasteiger partial charge in [-0.05, 0) is 36.1 Å². The number of aryl methyl sites for hydroxylation is 1. The first-order chi connectivity index (χ1) is 17.8. The lowest BCUT2D eigenvalue weighted by Gasteiger charge is -2.38. The minimum Gasteiger partial charge on any atom is -0.490 e. The average Bonchev–Trinajstić information content (AvgIpc) is 3.24. The lowest BCUT2D eigenvalue weighted by molar-refractivity contribution is -0.133. The normalized spacial score (nSPS) is 17.6. The molecule has 2 heterocycles. The van der Waals surface area contributed by atoms with Gasteiger partial charge in [0.15, 0.2) is 0 Å². The van der Waals surface area contributed by atoms with Gasteiger partial charge in [0.05, 0.1) is 5.69 Å². The fraction of sp³-hybridized carbons (Fsp3) is 0.433. The molecule has 0 saturated carbocycles. The second kappa shape index (κ2) is 12.1. The summed E-state index contributed by atoms with van der Waals surface area (Å²) in [5.74, 6) is 1.13. The van der Waals surface area contributed by atoms with Crippen molar-refractivity contribution in [2.45, 2.75) is 45.8 Å². The molecule has 0 aliphatic carbocycles. The van der Waals surface area contributed by atoms with Crippen LogP contribution in [0.2, 0.25) is 0 Å². The van der Waals surface area contributed by atoms with Crippen molar-refractivity contribution in [1.82, 2.24) is 19.6 Å². The number of piperidine rings is 1. The second-order valence-corrected chi connectivity index (χ2v) is 10.5. The number of ether oxygens (including phenoxy) is 1. The minimum atomic E-state index is -0.149. The molecule has 37 heavy (non-hydrogen) atoms. The van der Waals surface area contributed by atoms with Crippen molar-refractivity contribution in [1.29, 1.82) is 0 Å². The van der Waals surface area contributed by atoms with Gasteiger partial charge in [-0.15, -0.1) is 0 Å². The summed E-state index contributed by atoms with van der Waals surface area (Å²) < 4.78 is 8.03. The van der Waals surface area contributed by atoms with E-state index < -0.39 is 0 Å². The van der Waals surface area contributed by atoms with Crippen molar-refractivity contribution >= 4 is 11.8 Å². The van der Waals surface area contributed by atoms with Crippen LogP contribution in [-0.2, 0) is 24.8 Å². The standard InChI is InChI=1S/C30H38N4O3/c1-22(2)17-25-19-27(33(4)31-25)30(36)34-16-15-28(37-26-13-9-6-10-14-26)24(21-34)18-29(35)32(3)20-23-11-7-5-8-12-23/h5-14,19,22,24,28H,15-18,20-21H2,1-4H3/t24-,28-/m0/s1. The van der Waals surface area contributed by atoms with Crippen molar-refractivity contribution in [2.75, 3.05) is 20.1 Å². The molecule has 0 spiro atoms. The van der Waals surface area contributed by atoms with Crippen LogP contribution in [0.15, 0.2) is 66.7 Å². The second-order valence-electron chi connectivity index (χ2n) is 10.5. The van der Waals surface area contributed by atoms with Gasteiger partial charge in [0.25, 0.3) is 5.91 Å². The summed E-state index contributed by atoms with van der Waals surface area (Å²) in [4.78, 5) is 30.4. The smallest absolute Gasteiger partial charge is 0.272 e. The SMILES string of the molecule is CC(C)Cc1cc(C(=O)N2CC[C@H](Oc3ccccc3)[C@@H](CC(=O)N(C)Cc3ccccc3)C2)n(C)n1. The summed E-state index contributed by atoms with van der Waals surface area (Å²) in [6.45, 7) is 5.87. The molecule has 2 aromatic carbocycles. The average molecular weight is 503 g/mol. The molecule has 2 atom stereocenters. The number of aromatic nitrogens is 2. The lowest BCUT2D eigenvalue weighted by atomic mass is 9.90. The van der Waals surface area contributed by atoms with E-state index in [2.05, 4.69) is 18.9 Å². The van der Waals surface area contributed by atoms with Crippen LogP contribution in [-0.4, -0.2) is 57.6 Å².